The van der Waals surface area contributed by atoms with E-state index in [1.165, 1.54) is 6.07 Å². The SMILES string of the molecule is Nc1cc(-c2[nH]ccc2-c2ccc(F)c(Cl)c2)ccn1. The van der Waals surface area contributed by atoms with Crippen molar-refractivity contribution in [2.24, 2.45) is 0 Å². The summed E-state index contributed by atoms with van der Waals surface area (Å²) in [5.74, 6) is 0.0147. The van der Waals surface area contributed by atoms with Crippen LogP contribution in [-0.4, -0.2) is 9.97 Å². The van der Waals surface area contributed by atoms with Crippen molar-refractivity contribution in [3.8, 4) is 22.4 Å². The van der Waals surface area contributed by atoms with Crippen LogP contribution in [0.1, 0.15) is 0 Å². The first-order valence-corrected chi connectivity index (χ1v) is 6.37. The Bertz CT molecular complexity index is 767. The van der Waals surface area contributed by atoms with E-state index in [1.807, 2.05) is 18.3 Å². The van der Waals surface area contributed by atoms with Crippen LogP contribution in [0.25, 0.3) is 22.4 Å². The first kappa shape index (κ1) is 12.7. The van der Waals surface area contributed by atoms with Gasteiger partial charge in [0.2, 0.25) is 0 Å². The lowest BCUT2D eigenvalue weighted by Gasteiger charge is -2.06. The number of nitrogens with two attached hydrogens (primary N) is 1. The highest BCUT2D eigenvalue weighted by Crippen LogP contribution is 2.33. The Balaban J connectivity index is 2.12. The van der Waals surface area contributed by atoms with E-state index in [9.17, 15) is 4.39 Å². The third kappa shape index (κ3) is 2.26. The van der Waals surface area contributed by atoms with Crippen LogP contribution in [0.2, 0.25) is 5.02 Å². The zero-order valence-electron chi connectivity index (χ0n) is 10.4. The van der Waals surface area contributed by atoms with Gasteiger partial charge in [-0.05, 0) is 35.9 Å². The standard InChI is InChI=1S/C15H11ClFN3/c16-12-7-9(1-2-13(12)17)11-4-6-20-15(11)10-3-5-19-14(18)8-10/h1-8,20H,(H2,18,19). The third-order valence-electron chi connectivity index (χ3n) is 3.05. The fourth-order valence-corrected chi connectivity index (χ4v) is 2.30. The number of hydrogen-bond donors (Lipinski definition) is 2. The van der Waals surface area contributed by atoms with Crippen molar-refractivity contribution in [2.75, 3.05) is 5.73 Å². The summed E-state index contributed by atoms with van der Waals surface area (Å²) in [7, 11) is 0. The van der Waals surface area contributed by atoms with E-state index in [4.69, 9.17) is 17.3 Å². The smallest absolute Gasteiger partial charge is 0.141 e. The minimum atomic E-state index is -0.430. The molecule has 20 heavy (non-hydrogen) atoms. The Labute approximate surface area is 120 Å². The van der Waals surface area contributed by atoms with Gasteiger partial charge in [-0.2, -0.15) is 0 Å². The molecule has 3 N–H and O–H groups in total. The largest absolute Gasteiger partial charge is 0.384 e. The number of rotatable bonds is 2. The topological polar surface area (TPSA) is 54.7 Å². The summed E-state index contributed by atoms with van der Waals surface area (Å²) in [5, 5.41) is 0.101. The number of aromatic amines is 1. The van der Waals surface area contributed by atoms with Gasteiger partial charge in [-0.25, -0.2) is 9.37 Å². The van der Waals surface area contributed by atoms with Crippen LogP contribution in [-0.2, 0) is 0 Å². The first-order valence-electron chi connectivity index (χ1n) is 6.00. The Morgan fingerprint density at radius 1 is 1.10 bits per heavy atom. The highest BCUT2D eigenvalue weighted by atomic mass is 35.5. The van der Waals surface area contributed by atoms with Crippen LogP contribution >= 0.6 is 11.6 Å². The van der Waals surface area contributed by atoms with E-state index in [2.05, 4.69) is 9.97 Å². The monoisotopic (exact) mass is 287 g/mol. The summed E-state index contributed by atoms with van der Waals surface area (Å²) in [6, 6.07) is 10.2. The Morgan fingerprint density at radius 2 is 1.95 bits per heavy atom. The molecule has 0 aliphatic rings. The molecule has 0 bridgehead atoms. The summed E-state index contributed by atoms with van der Waals surface area (Å²) in [4.78, 5) is 7.13. The van der Waals surface area contributed by atoms with Gasteiger partial charge in [0.05, 0.1) is 10.7 Å². The number of nitrogens with one attached hydrogen (secondary N) is 1. The van der Waals surface area contributed by atoms with E-state index >= 15 is 0 Å². The molecular weight excluding hydrogens is 277 g/mol. The number of benzene rings is 1. The van der Waals surface area contributed by atoms with Crippen LogP contribution in [0.15, 0.2) is 48.8 Å². The molecule has 0 saturated carbocycles. The first-order chi connectivity index (χ1) is 9.65. The quantitative estimate of drug-likeness (QED) is 0.745. The number of nitrogens with zero attached hydrogens (tertiary/aromatic N) is 1. The van der Waals surface area contributed by atoms with Crippen molar-refractivity contribution < 1.29 is 4.39 Å². The number of hydrogen-bond acceptors (Lipinski definition) is 2. The van der Waals surface area contributed by atoms with Gasteiger partial charge in [0.15, 0.2) is 0 Å². The molecule has 2 aromatic heterocycles. The zero-order chi connectivity index (χ0) is 14.1. The molecule has 2 heterocycles. The van der Waals surface area contributed by atoms with Crippen LogP contribution < -0.4 is 5.73 Å². The maximum atomic E-state index is 13.3. The molecule has 0 saturated heterocycles. The number of halogens is 2. The molecule has 0 spiro atoms. The second-order valence-corrected chi connectivity index (χ2v) is 4.77. The number of aromatic nitrogens is 2. The molecule has 0 amide bonds. The van der Waals surface area contributed by atoms with Gasteiger partial charge in [0.25, 0.3) is 0 Å². The Kier molecular flexibility index (Phi) is 3.16. The second-order valence-electron chi connectivity index (χ2n) is 4.36. The van der Waals surface area contributed by atoms with Gasteiger partial charge in [-0.15, -0.1) is 0 Å². The maximum Gasteiger partial charge on any atom is 0.141 e. The van der Waals surface area contributed by atoms with Crippen molar-refractivity contribution in [2.45, 2.75) is 0 Å². The van der Waals surface area contributed by atoms with E-state index < -0.39 is 5.82 Å². The zero-order valence-corrected chi connectivity index (χ0v) is 11.2. The summed E-state index contributed by atoms with van der Waals surface area (Å²) >= 11 is 5.84. The molecule has 0 atom stereocenters. The van der Waals surface area contributed by atoms with E-state index in [1.54, 1.807) is 24.4 Å². The van der Waals surface area contributed by atoms with Gasteiger partial charge in [0.1, 0.15) is 11.6 Å². The molecule has 3 nitrogen and oxygen atoms in total. The Morgan fingerprint density at radius 3 is 2.70 bits per heavy atom. The fourth-order valence-electron chi connectivity index (χ4n) is 2.12. The Hall–Kier alpha value is -2.33. The van der Waals surface area contributed by atoms with Gasteiger partial charge < -0.3 is 10.7 Å². The number of H-pyrrole nitrogens is 1. The second kappa shape index (κ2) is 4.98. The van der Waals surface area contributed by atoms with Crippen molar-refractivity contribution in [1.29, 1.82) is 0 Å². The van der Waals surface area contributed by atoms with Crippen LogP contribution in [0, 0.1) is 5.82 Å². The lowest BCUT2D eigenvalue weighted by atomic mass is 10.0. The van der Waals surface area contributed by atoms with Gasteiger partial charge in [-0.1, -0.05) is 17.7 Å². The predicted octanol–water partition coefficient (Wildman–Crippen LogP) is 4.12. The average Bonchev–Trinajstić information content (AvgIpc) is 2.91. The summed E-state index contributed by atoms with van der Waals surface area (Å²) in [6.45, 7) is 0. The molecule has 5 heteroatoms. The summed E-state index contributed by atoms with van der Waals surface area (Å²) < 4.78 is 13.3. The molecule has 0 unspecified atom stereocenters. The van der Waals surface area contributed by atoms with Crippen molar-refractivity contribution in [3.63, 3.8) is 0 Å². The van der Waals surface area contributed by atoms with Crippen molar-refractivity contribution >= 4 is 17.4 Å². The molecule has 0 aliphatic heterocycles. The molecular formula is C15H11ClFN3. The average molecular weight is 288 g/mol. The third-order valence-corrected chi connectivity index (χ3v) is 3.34. The van der Waals surface area contributed by atoms with Gasteiger partial charge >= 0.3 is 0 Å². The molecule has 3 aromatic rings. The normalized spacial score (nSPS) is 10.7. The highest BCUT2D eigenvalue weighted by molar-refractivity contribution is 6.31. The summed E-state index contributed by atoms with van der Waals surface area (Å²) in [6.07, 6.45) is 3.46. The molecule has 1 aromatic carbocycles. The predicted molar refractivity (Wildman–Crippen MR) is 78.8 cm³/mol. The van der Waals surface area contributed by atoms with Crippen LogP contribution in [0.3, 0.4) is 0 Å². The maximum absolute atomic E-state index is 13.3. The minimum Gasteiger partial charge on any atom is -0.384 e. The van der Waals surface area contributed by atoms with E-state index in [0.29, 0.717) is 5.82 Å². The van der Waals surface area contributed by atoms with Gasteiger partial charge in [-0.3, -0.25) is 0 Å². The highest BCUT2D eigenvalue weighted by Gasteiger charge is 2.11. The van der Waals surface area contributed by atoms with E-state index in [-0.39, 0.29) is 5.02 Å². The van der Waals surface area contributed by atoms with Gasteiger partial charge in [0, 0.05) is 23.5 Å². The molecule has 0 fully saturated rings. The van der Waals surface area contributed by atoms with Crippen LogP contribution in [0.5, 0.6) is 0 Å². The number of anilines is 1. The minimum absolute atomic E-state index is 0.101. The van der Waals surface area contributed by atoms with Crippen molar-refractivity contribution in [3.05, 3.63) is 59.6 Å². The lowest BCUT2D eigenvalue weighted by molar-refractivity contribution is 0.628. The van der Waals surface area contributed by atoms with Crippen molar-refractivity contribution in [1.82, 2.24) is 9.97 Å². The lowest BCUT2D eigenvalue weighted by Crippen LogP contribution is -1.90. The number of nitrogen functional groups attached to an aromatic ring is 1. The molecule has 0 radical (unpaired) electrons. The molecule has 3 rings (SSSR count). The number of pyridine rings is 1. The molecule has 0 aliphatic carbocycles. The summed E-state index contributed by atoms with van der Waals surface area (Å²) in [5.41, 5.74) is 9.27. The fraction of sp³-hybridized carbons (Fsp3) is 0. The van der Waals surface area contributed by atoms with Crippen LogP contribution in [0.4, 0.5) is 10.2 Å². The van der Waals surface area contributed by atoms with E-state index in [0.717, 1.165) is 22.4 Å². The molecule has 100 valence electrons.